The molecule has 0 bridgehead atoms. The number of benzene rings is 1. The van der Waals surface area contributed by atoms with E-state index in [4.69, 9.17) is 0 Å². The number of thioether (sulfide) groups is 1. The van der Waals surface area contributed by atoms with E-state index in [-0.39, 0.29) is 11.7 Å². The van der Waals surface area contributed by atoms with Gasteiger partial charge >= 0.3 is 6.03 Å². The Morgan fingerprint density at radius 1 is 1.27 bits per heavy atom. The molecule has 1 aromatic carbocycles. The summed E-state index contributed by atoms with van der Waals surface area (Å²) >= 11 is 1.37. The van der Waals surface area contributed by atoms with E-state index >= 15 is 0 Å². The molecule has 1 heterocycles. The van der Waals surface area contributed by atoms with Crippen molar-refractivity contribution in [2.75, 3.05) is 12.3 Å². The van der Waals surface area contributed by atoms with Gasteiger partial charge in [-0.1, -0.05) is 55.9 Å². The van der Waals surface area contributed by atoms with Crippen molar-refractivity contribution in [3.8, 4) is 11.3 Å². The summed E-state index contributed by atoms with van der Waals surface area (Å²) in [5.74, 6) is 0.183. The molecule has 0 saturated heterocycles. The van der Waals surface area contributed by atoms with E-state index in [0.29, 0.717) is 18.5 Å². The maximum Gasteiger partial charge on any atom is 0.321 e. The van der Waals surface area contributed by atoms with Crippen molar-refractivity contribution >= 4 is 23.7 Å². The van der Waals surface area contributed by atoms with Crippen LogP contribution in [0.5, 0.6) is 0 Å². The number of imide groups is 1. The van der Waals surface area contributed by atoms with Gasteiger partial charge in [-0.3, -0.25) is 10.1 Å². The highest BCUT2D eigenvalue weighted by Gasteiger charge is 2.29. The number of nitrogens with zero attached hydrogens (tertiary/aromatic N) is 2. The number of aromatic nitrogens is 2. The molecule has 7 heteroatoms. The fourth-order valence-corrected chi connectivity index (χ4v) is 3.44. The van der Waals surface area contributed by atoms with Crippen LogP contribution in [0, 0.1) is 5.92 Å². The average molecular weight is 372 g/mol. The second kappa shape index (κ2) is 8.40. The summed E-state index contributed by atoms with van der Waals surface area (Å²) in [7, 11) is 0. The maximum absolute atomic E-state index is 12.0. The van der Waals surface area contributed by atoms with Crippen molar-refractivity contribution in [3.05, 3.63) is 36.5 Å². The van der Waals surface area contributed by atoms with Crippen molar-refractivity contribution in [1.82, 2.24) is 20.2 Å². The molecule has 3 rings (SSSR count). The molecule has 1 aliphatic carbocycles. The molecule has 1 fully saturated rings. The van der Waals surface area contributed by atoms with Crippen LogP contribution in [0.4, 0.5) is 4.79 Å². The van der Waals surface area contributed by atoms with Gasteiger partial charge in [0.1, 0.15) is 0 Å². The Bertz CT molecular complexity index is 769. The number of urea groups is 1. The van der Waals surface area contributed by atoms with Crippen LogP contribution in [-0.2, 0) is 4.79 Å². The first-order valence-corrected chi connectivity index (χ1v) is 9.86. The molecule has 2 N–H and O–H groups in total. The molecule has 1 aromatic heterocycles. The van der Waals surface area contributed by atoms with Gasteiger partial charge in [-0.05, 0) is 24.3 Å². The van der Waals surface area contributed by atoms with Crippen LogP contribution >= 0.6 is 11.8 Å². The first-order valence-electron chi connectivity index (χ1n) is 8.87. The summed E-state index contributed by atoms with van der Waals surface area (Å²) in [5, 5.41) is 5.86. The van der Waals surface area contributed by atoms with Crippen LogP contribution < -0.4 is 10.6 Å². The van der Waals surface area contributed by atoms with E-state index in [0.717, 1.165) is 29.3 Å². The lowest BCUT2D eigenvalue weighted by molar-refractivity contribution is -0.117. The van der Waals surface area contributed by atoms with E-state index in [1.54, 1.807) is 0 Å². The Morgan fingerprint density at radius 3 is 2.65 bits per heavy atom. The summed E-state index contributed by atoms with van der Waals surface area (Å²) in [4.78, 5) is 28.2. The first-order chi connectivity index (χ1) is 12.5. The number of imidazole rings is 1. The van der Waals surface area contributed by atoms with Crippen molar-refractivity contribution in [2.24, 2.45) is 5.92 Å². The SMILES string of the molecule is CC(C)CNC(=O)NC(=O)CSc1ncc(-c2ccccc2)n1C1CC1. The summed E-state index contributed by atoms with van der Waals surface area (Å²) in [6.07, 6.45) is 4.13. The third-order valence-corrected chi connectivity index (χ3v) is 4.97. The van der Waals surface area contributed by atoms with E-state index < -0.39 is 6.03 Å². The lowest BCUT2D eigenvalue weighted by atomic mass is 10.2. The lowest BCUT2D eigenvalue weighted by Gasteiger charge is -2.11. The fourth-order valence-electron chi connectivity index (χ4n) is 2.59. The molecule has 1 saturated carbocycles. The van der Waals surface area contributed by atoms with Crippen molar-refractivity contribution in [3.63, 3.8) is 0 Å². The largest absolute Gasteiger partial charge is 0.338 e. The molecule has 0 unspecified atom stereocenters. The minimum Gasteiger partial charge on any atom is -0.338 e. The minimum atomic E-state index is -0.445. The standard InChI is InChI=1S/C19H24N4O2S/c1-13(2)10-20-18(25)22-17(24)12-26-19-21-11-16(23(19)15-8-9-15)14-6-4-3-5-7-14/h3-7,11,13,15H,8-10,12H2,1-2H3,(H2,20,22,24,25). The maximum atomic E-state index is 12.0. The second-order valence-corrected chi connectivity index (χ2v) is 7.78. The van der Waals surface area contributed by atoms with Crippen LogP contribution in [0.2, 0.25) is 0 Å². The Hall–Kier alpha value is -2.28. The number of carbonyl (C=O) groups is 2. The summed E-state index contributed by atoms with van der Waals surface area (Å²) in [5.41, 5.74) is 2.20. The van der Waals surface area contributed by atoms with Gasteiger partial charge in [0.05, 0.1) is 17.6 Å². The number of hydrogen-bond acceptors (Lipinski definition) is 4. The number of carbonyl (C=O) groups excluding carboxylic acids is 2. The molecule has 2 aromatic rings. The molecular weight excluding hydrogens is 348 g/mol. The molecule has 0 aliphatic heterocycles. The average Bonchev–Trinajstić information content (AvgIpc) is 3.38. The van der Waals surface area contributed by atoms with E-state index in [2.05, 4.69) is 32.3 Å². The fraction of sp³-hybridized carbons (Fsp3) is 0.421. The molecule has 26 heavy (non-hydrogen) atoms. The Balaban J connectivity index is 1.61. The predicted molar refractivity (Wildman–Crippen MR) is 103 cm³/mol. The topological polar surface area (TPSA) is 76.0 Å². The van der Waals surface area contributed by atoms with Gasteiger partial charge in [0.2, 0.25) is 5.91 Å². The lowest BCUT2D eigenvalue weighted by Crippen LogP contribution is -2.41. The zero-order valence-corrected chi connectivity index (χ0v) is 15.9. The molecule has 6 nitrogen and oxygen atoms in total. The summed E-state index contributed by atoms with van der Waals surface area (Å²) in [6.45, 7) is 4.54. The van der Waals surface area contributed by atoms with Crippen LogP contribution in [0.25, 0.3) is 11.3 Å². The Kier molecular flexibility index (Phi) is 5.98. The Morgan fingerprint density at radius 2 is 2.00 bits per heavy atom. The van der Waals surface area contributed by atoms with E-state index in [1.165, 1.54) is 11.8 Å². The van der Waals surface area contributed by atoms with Gasteiger partial charge in [-0.15, -0.1) is 0 Å². The van der Waals surface area contributed by atoms with E-state index in [1.807, 2.05) is 38.2 Å². The summed E-state index contributed by atoms with van der Waals surface area (Å²) < 4.78 is 2.21. The molecule has 0 radical (unpaired) electrons. The molecule has 1 aliphatic rings. The molecular formula is C19H24N4O2S. The van der Waals surface area contributed by atoms with Gasteiger partial charge < -0.3 is 9.88 Å². The van der Waals surface area contributed by atoms with Crippen LogP contribution in [0.1, 0.15) is 32.7 Å². The van der Waals surface area contributed by atoms with Crippen molar-refractivity contribution < 1.29 is 9.59 Å². The summed E-state index contributed by atoms with van der Waals surface area (Å²) in [6, 6.07) is 10.1. The zero-order valence-electron chi connectivity index (χ0n) is 15.1. The third-order valence-electron chi connectivity index (χ3n) is 4.00. The smallest absolute Gasteiger partial charge is 0.321 e. The van der Waals surface area contributed by atoms with Crippen LogP contribution in [0.15, 0.2) is 41.7 Å². The third kappa shape index (κ3) is 4.88. The monoisotopic (exact) mass is 372 g/mol. The molecule has 3 amide bonds. The van der Waals surface area contributed by atoms with Gasteiger partial charge in [0, 0.05) is 12.6 Å². The molecule has 0 atom stereocenters. The van der Waals surface area contributed by atoms with Gasteiger partial charge in [0.25, 0.3) is 0 Å². The first kappa shape index (κ1) is 18.5. The van der Waals surface area contributed by atoms with Gasteiger partial charge in [-0.25, -0.2) is 9.78 Å². The Labute approximate surface area is 157 Å². The second-order valence-electron chi connectivity index (χ2n) is 6.83. The van der Waals surface area contributed by atoms with Crippen molar-refractivity contribution in [1.29, 1.82) is 0 Å². The normalized spacial score (nSPS) is 13.7. The highest BCUT2D eigenvalue weighted by molar-refractivity contribution is 7.99. The van der Waals surface area contributed by atoms with Gasteiger partial charge in [-0.2, -0.15) is 0 Å². The molecule has 138 valence electrons. The van der Waals surface area contributed by atoms with Crippen molar-refractivity contribution in [2.45, 2.75) is 37.9 Å². The minimum absolute atomic E-state index is 0.160. The number of hydrogen-bond donors (Lipinski definition) is 2. The quantitative estimate of drug-likeness (QED) is 0.730. The van der Waals surface area contributed by atoms with Crippen LogP contribution in [0.3, 0.4) is 0 Å². The molecule has 0 spiro atoms. The zero-order chi connectivity index (χ0) is 18.5. The number of nitrogens with one attached hydrogen (secondary N) is 2. The number of rotatable bonds is 7. The van der Waals surface area contributed by atoms with Crippen LogP contribution in [-0.4, -0.2) is 33.8 Å². The highest BCUT2D eigenvalue weighted by atomic mass is 32.2. The van der Waals surface area contributed by atoms with E-state index in [9.17, 15) is 9.59 Å². The van der Waals surface area contributed by atoms with Gasteiger partial charge in [0.15, 0.2) is 5.16 Å². The highest BCUT2D eigenvalue weighted by Crippen LogP contribution is 2.41. The number of amides is 3. The predicted octanol–water partition coefficient (Wildman–Crippen LogP) is 3.46.